The van der Waals surface area contributed by atoms with Gasteiger partial charge in [-0.15, -0.1) is 0 Å². The molecule has 7 saturated heterocycles. The van der Waals surface area contributed by atoms with Crippen molar-refractivity contribution in [3.8, 4) is 0 Å². The first-order valence-corrected chi connectivity index (χ1v) is 32.9. The summed E-state index contributed by atoms with van der Waals surface area (Å²) in [5.74, 6) is -15.3. The lowest BCUT2D eigenvalue weighted by molar-refractivity contribution is -0.385. The molecule has 7 fully saturated rings. The van der Waals surface area contributed by atoms with Crippen molar-refractivity contribution in [2.24, 2.45) is 0 Å². The van der Waals surface area contributed by atoms with Gasteiger partial charge in [0.1, 0.15) is 159 Å². The molecule has 7 aliphatic rings. The number of amides is 5. The Kier molecular flexibility index (Phi) is 30.8. The molecule has 7 aliphatic heterocycles. The van der Waals surface area contributed by atoms with Crippen LogP contribution in [0.5, 0.6) is 0 Å². The molecule has 0 radical (unpaired) electrons. The number of carbonyl (C=O) groups excluding carboxylic acids is 5. The Labute approximate surface area is 593 Å². The van der Waals surface area contributed by atoms with Gasteiger partial charge in [0.05, 0.1) is 70.5 Å². The summed E-state index contributed by atoms with van der Waals surface area (Å²) in [6, 6.07) is -9.16. The van der Waals surface area contributed by atoms with Gasteiger partial charge in [0, 0.05) is 47.5 Å². The van der Waals surface area contributed by atoms with Crippen LogP contribution in [0, 0.1) is 0 Å². The third-order valence-corrected chi connectivity index (χ3v) is 18.5. The predicted molar refractivity (Wildman–Crippen MR) is 324 cm³/mol. The van der Waals surface area contributed by atoms with E-state index in [0.717, 1.165) is 34.6 Å². The zero-order chi connectivity index (χ0) is 78.3. The summed E-state index contributed by atoms with van der Waals surface area (Å²) in [5, 5.41) is 253. The Bertz CT molecular complexity index is 2900. The number of aliphatic hydroxyl groups excluding tert-OH is 20. The molecule has 27 N–H and O–H groups in total. The van der Waals surface area contributed by atoms with Crippen molar-refractivity contribution in [2.75, 3.05) is 46.2 Å². The van der Waals surface area contributed by atoms with E-state index in [1.165, 1.54) is 0 Å². The highest BCUT2D eigenvalue weighted by atomic mass is 16.8. The fourth-order valence-corrected chi connectivity index (χ4v) is 13.3. The molecule has 0 bridgehead atoms. The van der Waals surface area contributed by atoms with Crippen LogP contribution in [0.25, 0.3) is 0 Å². The first-order chi connectivity index (χ1) is 49.3. The van der Waals surface area contributed by atoms with E-state index in [1.54, 1.807) is 0 Å². The van der Waals surface area contributed by atoms with Crippen LogP contribution in [0.2, 0.25) is 0 Å². The number of carboxylic acids is 2. The van der Waals surface area contributed by atoms with Crippen molar-refractivity contribution in [2.45, 2.75) is 273 Å². The Morgan fingerprint density at radius 2 is 0.724 bits per heavy atom. The van der Waals surface area contributed by atoms with E-state index < -0.39 is 326 Å². The van der Waals surface area contributed by atoms with Crippen LogP contribution in [0.3, 0.4) is 0 Å². The topological polar surface area (TPSA) is 745 Å². The average Bonchev–Trinajstić information content (AvgIpc) is 0.754. The Morgan fingerprint density at radius 3 is 1.11 bits per heavy atom. The first-order valence-electron chi connectivity index (χ1n) is 32.9. The molecule has 0 saturated carbocycles. The Hall–Kier alpha value is -5.03. The molecule has 7 rings (SSSR count). The number of hydrogen-bond donors (Lipinski definition) is 27. The second-order valence-corrected chi connectivity index (χ2v) is 26.1. The summed E-state index contributed by atoms with van der Waals surface area (Å²) in [4.78, 5) is 89.3. The van der Waals surface area contributed by atoms with Gasteiger partial charge in [0.25, 0.3) is 11.6 Å². The van der Waals surface area contributed by atoms with Crippen LogP contribution in [-0.2, 0) is 95.1 Å². The summed E-state index contributed by atoms with van der Waals surface area (Å²) in [7, 11) is 0. The summed E-state index contributed by atoms with van der Waals surface area (Å²) >= 11 is 0. The lowest BCUT2D eigenvalue weighted by atomic mass is 9.88. The van der Waals surface area contributed by atoms with Crippen LogP contribution in [0.1, 0.15) is 47.5 Å². The molecule has 7 heterocycles. The largest absolute Gasteiger partial charge is 0.477 e. The van der Waals surface area contributed by atoms with Crippen LogP contribution in [-0.4, -0.2) is 426 Å². The van der Waals surface area contributed by atoms with Gasteiger partial charge in [-0.25, -0.2) is 9.59 Å². The standard InChI is InChI=1S/C58H95N5O42/c1-15(70)59-29-20(75)6-57(55(89)90,102-46(29)34(79)22(77)8-64)104-48-37(82)25(11-67)96-53(41(48)86)99-43-27(13-69)98-52(31(40(43)85)61-17(3)72)100-44-32(62-18(4)73)50(88)94-28(39(44)84)14-93-51-33(63-19(5)74)45(36(81)24(10-66)95-51)101-54-42(87)49(38(83)26(12-68)97-54)105-58(56(91)92)7-21(76)30(60-16(2)71)47(103-58)35(80)23(78)9-65/h20-54,64-69,75-88H,6-14H2,1-5H3,(H,59,70)(H,60,71)(H,61,72)(H,62,73)(H,63,74)(H,89,90)(H,91,92)/t20-,21-,22+,23+,24+,25+,26+,27+,28+,29+,30+,31+,32+,33+,34+,35+,36+,37-,38-,39-,40+,41+,42+,43+,44+,45+,46+,47+,48-,49-,50?,51+,52-,53-,54-,57-,58-/m0/s1. The molecule has 5 amide bonds. The Balaban J connectivity index is 1.13. The second kappa shape index (κ2) is 37.1. The van der Waals surface area contributed by atoms with Gasteiger partial charge in [-0.05, 0) is 0 Å². The predicted octanol–water partition coefficient (Wildman–Crippen LogP) is -17.1. The van der Waals surface area contributed by atoms with Gasteiger partial charge in [-0.1, -0.05) is 0 Å². The van der Waals surface area contributed by atoms with E-state index in [1.807, 2.05) is 0 Å². The first kappa shape index (κ1) is 87.2. The lowest BCUT2D eigenvalue weighted by Crippen LogP contribution is -2.72. The molecule has 37 atom stereocenters. The number of hydrogen-bond acceptors (Lipinski definition) is 40. The maximum Gasteiger partial charge on any atom is 0.364 e. The molecule has 604 valence electrons. The Morgan fingerprint density at radius 1 is 0.390 bits per heavy atom. The molecule has 0 aliphatic carbocycles. The van der Waals surface area contributed by atoms with Crippen molar-refractivity contribution >= 4 is 41.5 Å². The van der Waals surface area contributed by atoms with Gasteiger partial charge in [-0.2, -0.15) is 0 Å². The zero-order valence-electron chi connectivity index (χ0n) is 56.6. The molecular weight excluding hydrogens is 1440 g/mol. The highest BCUT2D eigenvalue weighted by molar-refractivity contribution is 5.78. The zero-order valence-corrected chi connectivity index (χ0v) is 56.6. The van der Waals surface area contributed by atoms with Crippen molar-refractivity contribution in [3.05, 3.63) is 0 Å². The molecule has 47 heteroatoms. The van der Waals surface area contributed by atoms with Crippen molar-refractivity contribution < 1.29 is 207 Å². The number of nitrogens with one attached hydrogen (secondary N) is 5. The molecule has 0 aromatic carbocycles. The molecule has 1 unspecified atom stereocenters. The van der Waals surface area contributed by atoms with Gasteiger partial charge in [0.2, 0.25) is 29.5 Å². The minimum Gasteiger partial charge on any atom is -0.477 e. The van der Waals surface area contributed by atoms with Crippen molar-refractivity contribution in [1.29, 1.82) is 0 Å². The summed E-state index contributed by atoms with van der Waals surface area (Å²) in [6.07, 6.45) is -67.2. The smallest absolute Gasteiger partial charge is 0.364 e. The van der Waals surface area contributed by atoms with Gasteiger partial charge < -0.3 is 201 Å². The molecule has 0 aromatic rings. The maximum absolute atomic E-state index is 13.2. The number of rotatable bonds is 30. The van der Waals surface area contributed by atoms with E-state index in [4.69, 9.17) is 61.6 Å². The maximum atomic E-state index is 13.2. The van der Waals surface area contributed by atoms with Gasteiger partial charge >= 0.3 is 11.9 Å². The van der Waals surface area contributed by atoms with E-state index in [0.29, 0.717) is 0 Å². The fraction of sp³-hybridized carbons (Fsp3) is 0.879. The SMILES string of the molecule is CC(=O)N[C@H]1[C@H](O[C@H]2[C@@H](O)[C@@H](CO[C@@H]3O[C@H](CO)[C@@H](O)[C@H](O[C@@H]4O[C@H](CO)[C@H](O)[C@H](O[C@]5(C(=O)O)C[C@H](O)[C@@H](NC(C)=O)[C@H]([C@H](O)[C@H](O)CO)O5)[C@H]4O)[C@H]3NC(C)=O)OC(O)[C@@H]2NC(C)=O)O[C@H](CO)[C@@H](O[C@@H]2O[C@H](CO)[C@H](O)[C@H](O[C@]3(C(=O)O)C[C@H](O)[C@@H](NC(C)=O)[C@H]([C@H](O)[C@H](O)CO)O3)[C@H]2O)[C@@H]1O. The number of aliphatic hydroxyl groups is 20. The van der Waals surface area contributed by atoms with Crippen LogP contribution < -0.4 is 26.6 Å². The molecular formula is C58H95N5O42. The van der Waals surface area contributed by atoms with E-state index in [-0.39, 0.29) is 0 Å². The minimum absolute atomic E-state index is 0.857. The highest BCUT2D eigenvalue weighted by Gasteiger charge is 2.64. The third-order valence-electron chi connectivity index (χ3n) is 18.5. The van der Waals surface area contributed by atoms with Crippen molar-refractivity contribution in [1.82, 2.24) is 26.6 Å². The monoisotopic (exact) mass is 1530 g/mol. The second-order valence-electron chi connectivity index (χ2n) is 26.1. The van der Waals surface area contributed by atoms with E-state index >= 15 is 0 Å². The molecule has 105 heavy (non-hydrogen) atoms. The van der Waals surface area contributed by atoms with Gasteiger partial charge in [-0.3, -0.25) is 24.0 Å². The molecule has 47 nitrogen and oxygen atoms in total. The molecule has 0 aromatic heterocycles. The lowest BCUT2D eigenvalue weighted by Gasteiger charge is -2.51. The highest BCUT2D eigenvalue weighted by Crippen LogP contribution is 2.42. The van der Waals surface area contributed by atoms with E-state index in [9.17, 15) is 146 Å². The van der Waals surface area contributed by atoms with E-state index in [2.05, 4.69) is 26.6 Å². The summed E-state index contributed by atoms with van der Waals surface area (Å²) < 4.78 is 75.6. The summed E-state index contributed by atoms with van der Waals surface area (Å²) in [5.41, 5.74) is 0. The number of aliphatic carboxylic acids is 2. The normalized spacial score (nSPS) is 43.6. The van der Waals surface area contributed by atoms with Crippen molar-refractivity contribution in [3.63, 3.8) is 0 Å². The fourth-order valence-electron chi connectivity index (χ4n) is 13.3. The number of carbonyl (C=O) groups is 7. The molecule has 0 spiro atoms. The van der Waals surface area contributed by atoms with Gasteiger partial charge in [0.15, 0.2) is 31.5 Å². The van der Waals surface area contributed by atoms with Crippen LogP contribution in [0.4, 0.5) is 0 Å². The third kappa shape index (κ3) is 19.6. The average molecular weight is 1530 g/mol. The minimum atomic E-state index is -3.26. The van der Waals surface area contributed by atoms with Crippen LogP contribution in [0.15, 0.2) is 0 Å². The number of ether oxygens (including phenoxy) is 13. The quantitative estimate of drug-likeness (QED) is 0.0318. The summed E-state index contributed by atoms with van der Waals surface area (Å²) in [6.45, 7) is -3.35. The van der Waals surface area contributed by atoms with Crippen LogP contribution >= 0.6 is 0 Å². The number of carboxylic acid groups (broad SMARTS) is 2.